The summed E-state index contributed by atoms with van der Waals surface area (Å²) in [6.07, 6.45) is 3.28. The quantitative estimate of drug-likeness (QED) is 0.0999. The molecule has 0 amide bonds. The summed E-state index contributed by atoms with van der Waals surface area (Å²) >= 11 is 0. The van der Waals surface area contributed by atoms with E-state index in [1.165, 1.54) is 0 Å². The zero-order valence-electron chi connectivity index (χ0n) is 37.5. The van der Waals surface area contributed by atoms with Crippen LogP contribution in [-0.4, -0.2) is 95.3 Å². The van der Waals surface area contributed by atoms with E-state index in [1.807, 2.05) is 146 Å². The Bertz CT molecular complexity index is 3220. The van der Waals surface area contributed by atoms with Gasteiger partial charge < -0.3 is 29.9 Å². The summed E-state index contributed by atoms with van der Waals surface area (Å²) in [6, 6.07) is 47.0. The average molecular weight is 899 g/mol. The van der Waals surface area contributed by atoms with Gasteiger partial charge in [-0.05, 0) is 79.5 Å². The largest absolute Gasteiger partial charge is 0.507 e. The van der Waals surface area contributed by atoms with Gasteiger partial charge in [0.25, 0.3) is 0 Å². The lowest BCUT2D eigenvalue weighted by molar-refractivity contribution is 0.0338. The van der Waals surface area contributed by atoms with Crippen LogP contribution < -0.4 is 0 Å². The number of hydrogen-bond donors (Lipinski definition) is 4. The normalized spacial score (nSPS) is 15.2. The molecule has 0 aromatic heterocycles. The number of rotatable bonds is 10. The van der Waals surface area contributed by atoms with Gasteiger partial charge in [0.2, 0.25) is 0 Å². The van der Waals surface area contributed by atoms with Crippen molar-refractivity contribution in [1.82, 2.24) is 9.80 Å². The number of nitrogens with zero attached hydrogens (tertiary/aromatic N) is 4. The van der Waals surface area contributed by atoms with Gasteiger partial charge in [0, 0.05) is 96.2 Å². The molecule has 2 fully saturated rings. The van der Waals surface area contributed by atoms with E-state index in [-0.39, 0.29) is 23.0 Å². The third kappa shape index (κ3) is 8.18. The summed E-state index contributed by atoms with van der Waals surface area (Å²) in [5.74, 6) is 0.258. The molecular formula is C58H50N4O6. The standard InChI is InChI=1S/C58H50N4O6/c63-55-41(29-37-11-1-5-15-45(37)51(55)53-47-17-7-3-13-39(47)31-43(57(53)65)35-61-21-25-67-26-22-61)33-59-49-19-9-10-20-50(49)60-34-42-30-38-12-2-6-16-46(38)52(56(42)64)54-48-18-8-4-14-40(48)32-44(58(54)66)36-62-23-27-68-28-24-62/h1-20,29-34,63-66H,21-28,35-36H2. The molecule has 338 valence electrons. The lowest BCUT2D eigenvalue weighted by Crippen LogP contribution is -2.35. The Morgan fingerprint density at radius 3 is 1.07 bits per heavy atom. The smallest absolute Gasteiger partial charge is 0.132 e. The minimum Gasteiger partial charge on any atom is -0.507 e. The van der Waals surface area contributed by atoms with Gasteiger partial charge in [-0.3, -0.25) is 19.8 Å². The van der Waals surface area contributed by atoms with Crippen molar-refractivity contribution in [3.63, 3.8) is 0 Å². The SMILES string of the molecule is Oc1c(C=Nc2ccccc2N=Cc2cc3ccccc3c(-c3c(O)c(CN4CCOCC4)cc4ccccc34)c2O)cc2ccccc2c1-c1c(O)c(CN2CCOCC2)cc2ccccc12. The van der Waals surface area contributed by atoms with E-state index in [2.05, 4.69) is 9.80 Å². The lowest BCUT2D eigenvalue weighted by Gasteiger charge is -2.27. The molecule has 4 N–H and O–H groups in total. The van der Waals surface area contributed by atoms with E-state index in [9.17, 15) is 20.4 Å². The maximum Gasteiger partial charge on any atom is 0.132 e. The van der Waals surface area contributed by atoms with Gasteiger partial charge in [-0.25, -0.2) is 0 Å². The molecule has 0 saturated carbocycles. The van der Waals surface area contributed by atoms with Gasteiger partial charge in [0.1, 0.15) is 23.0 Å². The molecule has 0 atom stereocenters. The predicted octanol–water partition coefficient (Wildman–Crippen LogP) is 11.6. The van der Waals surface area contributed by atoms with Crippen molar-refractivity contribution in [2.75, 3.05) is 52.6 Å². The van der Waals surface area contributed by atoms with Gasteiger partial charge in [-0.15, -0.1) is 0 Å². The second-order valence-electron chi connectivity index (χ2n) is 17.6. The summed E-state index contributed by atoms with van der Waals surface area (Å²) in [6.45, 7) is 6.73. The van der Waals surface area contributed by atoms with Crippen molar-refractivity contribution >= 4 is 66.9 Å². The highest BCUT2D eigenvalue weighted by molar-refractivity contribution is 6.14. The van der Waals surface area contributed by atoms with E-state index in [0.29, 0.717) is 84.3 Å². The first-order chi connectivity index (χ1) is 33.4. The third-order valence-corrected chi connectivity index (χ3v) is 13.4. The number of morpholine rings is 2. The van der Waals surface area contributed by atoms with Crippen molar-refractivity contribution < 1.29 is 29.9 Å². The molecule has 9 aromatic rings. The van der Waals surface area contributed by atoms with Crippen LogP contribution in [0.25, 0.3) is 65.3 Å². The number of fused-ring (bicyclic) bond motifs is 4. The first kappa shape index (κ1) is 43.0. The van der Waals surface area contributed by atoms with Crippen LogP contribution in [0, 0.1) is 0 Å². The van der Waals surface area contributed by atoms with Crippen LogP contribution in [0.3, 0.4) is 0 Å². The molecule has 10 heteroatoms. The highest BCUT2D eigenvalue weighted by Crippen LogP contribution is 2.49. The van der Waals surface area contributed by atoms with Crippen LogP contribution in [0.2, 0.25) is 0 Å². The Balaban J connectivity index is 0.991. The molecule has 10 nitrogen and oxygen atoms in total. The Labute approximate surface area is 393 Å². The summed E-state index contributed by atoms with van der Waals surface area (Å²) < 4.78 is 11.2. The second-order valence-corrected chi connectivity index (χ2v) is 17.6. The number of para-hydroxylation sites is 2. The highest BCUT2D eigenvalue weighted by atomic mass is 16.5. The molecule has 0 bridgehead atoms. The van der Waals surface area contributed by atoms with Crippen LogP contribution in [0.15, 0.2) is 156 Å². The maximum absolute atomic E-state index is 12.3. The fraction of sp³-hybridized carbons (Fsp3) is 0.172. The topological polar surface area (TPSA) is 131 Å². The zero-order chi connectivity index (χ0) is 46.1. The van der Waals surface area contributed by atoms with Crippen LogP contribution in [0.1, 0.15) is 22.3 Å². The van der Waals surface area contributed by atoms with Crippen molar-refractivity contribution in [3.05, 3.63) is 168 Å². The van der Waals surface area contributed by atoms with E-state index >= 15 is 0 Å². The highest BCUT2D eigenvalue weighted by Gasteiger charge is 2.25. The summed E-state index contributed by atoms with van der Waals surface area (Å²) in [5.41, 5.74) is 5.78. The molecule has 2 aliphatic rings. The molecule has 0 aliphatic carbocycles. The van der Waals surface area contributed by atoms with Gasteiger partial charge >= 0.3 is 0 Å². The number of ether oxygens (including phenoxy) is 2. The van der Waals surface area contributed by atoms with Gasteiger partial charge in [-0.1, -0.05) is 109 Å². The third-order valence-electron chi connectivity index (χ3n) is 13.4. The monoisotopic (exact) mass is 898 g/mol. The molecule has 68 heavy (non-hydrogen) atoms. The van der Waals surface area contributed by atoms with Crippen LogP contribution >= 0.6 is 0 Å². The van der Waals surface area contributed by atoms with Crippen LogP contribution in [-0.2, 0) is 22.6 Å². The summed E-state index contributed by atoms with van der Waals surface area (Å²) in [7, 11) is 0. The molecule has 2 saturated heterocycles. The minimum atomic E-state index is -0.00388. The Morgan fingerprint density at radius 2 is 0.706 bits per heavy atom. The van der Waals surface area contributed by atoms with Crippen LogP contribution in [0.5, 0.6) is 23.0 Å². The number of phenols is 4. The number of phenolic OH excluding ortho intramolecular Hbond substituents is 4. The van der Waals surface area contributed by atoms with Crippen LogP contribution in [0.4, 0.5) is 11.4 Å². The van der Waals surface area contributed by atoms with Crippen molar-refractivity contribution in [2.45, 2.75) is 13.1 Å². The zero-order valence-corrected chi connectivity index (χ0v) is 37.5. The summed E-state index contributed by atoms with van der Waals surface area (Å²) in [4.78, 5) is 14.4. The number of aliphatic imine (C=N–C) groups is 2. The number of benzene rings is 9. The molecule has 11 rings (SSSR count). The average Bonchev–Trinajstić information content (AvgIpc) is 3.37. The number of hydrogen-bond acceptors (Lipinski definition) is 10. The van der Waals surface area contributed by atoms with Crippen molar-refractivity contribution in [1.29, 1.82) is 0 Å². The molecule has 2 aliphatic heterocycles. The fourth-order valence-electron chi connectivity index (χ4n) is 9.92. The molecule has 9 aromatic carbocycles. The lowest BCUT2D eigenvalue weighted by atomic mass is 9.89. The first-order valence-electron chi connectivity index (χ1n) is 23.1. The van der Waals surface area contributed by atoms with Gasteiger partial charge in [0.05, 0.1) is 37.8 Å². The molecular weight excluding hydrogens is 849 g/mol. The van der Waals surface area contributed by atoms with Crippen molar-refractivity contribution in [2.24, 2.45) is 9.98 Å². The summed E-state index contributed by atoms with van der Waals surface area (Å²) in [5, 5.41) is 56.0. The Morgan fingerprint density at radius 1 is 0.397 bits per heavy atom. The number of aromatic hydroxyl groups is 4. The maximum atomic E-state index is 12.3. The van der Waals surface area contributed by atoms with Gasteiger partial charge in [0.15, 0.2) is 0 Å². The predicted molar refractivity (Wildman–Crippen MR) is 274 cm³/mol. The Kier molecular flexibility index (Phi) is 11.8. The van der Waals surface area contributed by atoms with E-state index in [1.54, 1.807) is 12.4 Å². The first-order valence-corrected chi connectivity index (χ1v) is 23.1. The molecule has 2 heterocycles. The van der Waals surface area contributed by atoms with E-state index in [4.69, 9.17) is 19.5 Å². The van der Waals surface area contributed by atoms with E-state index in [0.717, 1.165) is 80.4 Å². The fourth-order valence-corrected chi connectivity index (χ4v) is 9.92. The Hall–Kier alpha value is -7.60. The molecule has 0 radical (unpaired) electrons. The van der Waals surface area contributed by atoms with E-state index < -0.39 is 0 Å². The minimum absolute atomic E-state index is 0.00388. The second kappa shape index (κ2) is 18.6. The molecule has 0 unspecified atom stereocenters. The van der Waals surface area contributed by atoms with Crippen molar-refractivity contribution in [3.8, 4) is 45.3 Å². The molecule has 0 spiro atoms. The van der Waals surface area contributed by atoms with Gasteiger partial charge in [-0.2, -0.15) is 0 Å².